The van der Waals surface area contributed by atoms with Crippen molar-refractivity contribution >= 4 is 0 Å². The van der Waals surface area contributed by atoms with E-state index < -0.39 is 0 Å². The largest absolute Gasteiger partial charge is 0.497 e. The zero-order valence-electron chi connectivity index (χ0n) is 8.29. The Balaban J connectivity index is 2.28. The van der Waals surface area contributed by atoms with Gasteiger partial charge in [0.25, 0.3) is 0 Å². The molecule has 5 nitrogen and oxygen atoms in total. The second kappa shape index (κ2) is 4.10. The van der Waals surface area contributed by atoms with Gasteiger partial charge in [0.1, 0.15) is 18.7 Å². The molecule has 0 aliphatic carbocycles. The highest BCUT2D eigenvalue weighted by molar-refractivity contribution is 5.36. The molecule has 2 aromatic rings. The second-order valence-corrected chi connectivity index (χ2v) is 2.96. The van der Waals surface area contributed by atoms with Gasteiger partial charge in [-0.05, 0) is 24.3 Å². The van der Waals surface area contributed by atoms with Gasteiger partial charge in [-0.1, -0.05) is 0 Å². The first-order chi connectivity index (χ1) is 7.33. The Kier molecular flexibility index (Phi) is 2.64. The number of nitrogens with zero attached hydrogens (tertiary/aromatic N) is 3. The summed E-state index contributed by atoms with van der Waals surface area (Å²) in [7, 11) is 1.62. The molecule has 0 atom stereocenters. The summed E-state index contributed by atoms with van der Waals surface area (Å²) in [5.74, 6) is 1.20. The minimum atomic E-state index is -0.150. The van der Waals surface area contributed by atoms with Gasteiger partial charge in [0.05, 0.1) is 12.8 Å². The van der Waals surface area contributed by atoms with Gasteiger partial charge < -0.3 is 9.84 Å². The fourth-order valence-electron chi connectivity index (χ4n) is 1.23. The highest BCUT2D eigenvalue weighted by Crippen LogP contribution is 2.13. The summed E-state index contributed by atoms with van der Waals surface area (Å²) >= 11 is 0. The summed E-state index contributed by atoms with van der Waals surface area (Å²) in [4.78, 5) is 3.92. The van der Waals surface area contributed by atoms with Crippen molar-refractivity contribution in [1.29, 1.82) is 0 Å². The van der Waals surface area contributed by atoms with E-state index in [-0.39, 0.29) is 6.61 Å². The first-order valence-electron chi connectivity index (χ1n) is 4.49. The van der Waals surface area contributed by atoms with Crippen LogP contribution in [0.25, 0.3) is 5.69 Å². The van der Waals surface area contributed by atoms with Crippen molar-refractivity contribution in [2.45, 2.75) is 6.61 Å². The van der Waals surface area contributed by atoms with Crippen LogP contribution in [0.2, 0.25) is 0 Å². The topological polar surface area (TPSA) is 60.2 Å². The van der Waals surface area contributed by atoms with Crippen LogP contribution in [0, 0.1) is 0 Å². The van der Waals surface area contributed by atoms with E-state index in [9.17, 15) is 0 Å². The predicted molar refractivity (Wildman–Crippen MR) is 53.8 cm³/mol. The Morgan fingerprint density at radius 2 is 2.07 bits per heavy atom. The van der Waals surface area contributed by atoms with Gasteiger partial charge in [0, 0.05) is 0 Å². The molecule has 0 saturated heterocycles. The van der Waals surface area contributed by atoms with E-state index in [0.29, 0.717) is 5.82 Å². The van der Waals surface area contributed by atoms with Crippen LogP contribution in [0.1, 0.15) is 5.82 Å². The number of rotatable bonds is 3. The standard InChI is InChI=1S/C10H11N3O2/c1-15-9-4-2-8(3-5-9)13-7-11-10(6-14)12-13/h2-5,7,14H,6H2,1H3. The molecular weight excluding hydrogens is 194 g/mol. The lowest BCUT2D eigenvalue weighted by Crippen LogP contribution is -1.96. The van der Waals surface area contributed by atoms with Crippen LogP contribution in [0.15, 0.2) is 30.6 Å². The lowest BCUT2D eigenvalue weighted by Gasteiger charge is -2.02. The lowest BCUT2D eigenvalue weighted by molar-refractivity contribution is 0.271. The van der Waals surface area contributed by atoms with E-state index in [1.165, 1.54) is 0 Å². The van der Waals surface area contributed by atoms with Crippen molar-refractivity contribution in [1.82, 2.24) is 14.8 Å². The molecule has 0 spiro atoms. The molecule has 0 saturated carbocycles. The summed E-state index contributed by atoms with van der Waals surface area (Å²) in [6.07, 6.45) is 1.56. The minimum Gasteiger partial charge on any atom is -0.497 e. The first-order valence-corrected chi connectivity index (χ1v) is 4.49. The van der Waals surface area contributed by atoms with E-state index in [2.05, 4.69) is 10.1 Å². The number of hydrogen-bond donors (Lipinski definition) is 1. The molecule has 5 heteroatoms. The molecule has 1 N–H and O–H groups in total. The van der Waals surface area contributed by atoms with Gasteiger partial charge >= 0.3 is 0 Å². The van der Waals surface area contributed by atoms with Crippen LogP contribution in [0.3, 0.4) is 0 Å². The summed E-state index contributed by atoms with van der Waals surface area (Å²) in [6, 6.07) is 7.43. The number of methoxy groups -OCH3 is 1. The third-order valence-corrected chi connectivity index (χ3v) is 2.02. The van der Waals surface area contributed by atoms with Gasteiger partial charge in [-0.3, -0.25) is 0 Å². The summed E-state index contributed by atoms with van der Waals surface area (Å²) in [5, 5.41) is 12.9. The molecule has 15 heavy (non-hydrogen) atoms. The average molecular weight is 205 g/mol. The zero-order valence-corrected chi connectivity index (χ0v) is 8.29. The molecule has 0 fully saturated rings. The fraction of sp³-hybridized carbons (Fsp3) is 0.200. The average Bonchev–Trinajstić information content (AvgIpc) is 2.78. The lowest BCUT2D eigenvalue weighted by atomic mass is 10.3. The molecule has 1 aromatic heterocycles. The maximum Gasteiger partial charge on any atom is 0.176 e. The maximum atomic E-state index is 8.82. The predicted octanol–water partition coefficient (Wildman–Crippen LogP) is 0.768. The molecule has 78 valence electrons. The number of benzene rings is 1. The van der Waals surface area contributed by atoms with Crippen LogP contribution >= 0.6 is 0 Å². The van der Waals surface area contributed by atoms with Gasteiger partial charge in [0.15, 0.2) is 5.82 Å². The summed E-state index contributed by atoms with van der Waals surface area (Å²) < 4.78 is 6.65. The Morgan fingerprint density at radius 3 is 2.60 bits per heavy atom. The normalized spacial score (nSPS) is 10.3. The van der Waals surface area contributed by atoms with E-state index in [0.717, 1.165) is 11.4 Å². The van der Waals surface area contributed by atoms with Gasteiger partial charge in [-0.15, -0.1) is 5.10 Å². The second-order valence-electron chi connectivity index (χ2n) is 2.96. The highest BCUT2D eigenvalue weighted by atomic mass is 16.5. The molecule has 0 amide bonds. The first kappa shape index (κ1) is 9.67. The monoisotopic (exact) mass is 205 g/mol. The number of aliphatic hydroxyl groups excluding tert-OH is 1. The van der Waals surface area contributed by atoms with Crippen molar-refractivity contribution in [2.75, 3.05) is 7.11 Å². The van der Waals surface area contributed by atoms with Crippen LogP contribution in [-0.4, -0.2) is 27.0 Å². The minimum absolute atomic E-state index is 0.150. The van der Waals surface area contributed by atoms with Crippen molar-refractivity contribution < 1.29 is 9.84 Å². The molecule has 1 heterocycles. The van der Waals surface area contributed by atoms with Crippen LogP contribution in [-0.2, 0) is 6.61 Å². The third kappa shape index (κ3) is 1.97. The number of aromatic nitrogens is 3. The molecule has 1 aromatic carbocycles. The number of ether oxygens (including phenoxy) is 1. The molecule has 2 rings (SSSR count). The van der Waals surface area contributed by atoms with Gasteiger partial charge in [-0.2, -0.15) is 0 Å². The maximum absolute atomic E-state index is 8.82. The quantitative estimate of drug-likeness (QED) is 0.804. The Labute approximate surface area is 87.0 Å². The third-order valence-electron chi connectivity index (χ3n) is 2.02. The fourth-order valence-corrected chi connectivity index (χ4v) is 1.23. The Morgan fingerprint density at radius 1 is 1.33 bits per heavy atom. The molecule has 0 aliphatic rings. The summed E-state index contributed by atoms with van der Waals surface area (Å²) in [6.45, 7) is -0.150. The molecule has 0 aliphatic heterocycles. The zero-order chi connectivity index (χ0) is 10.7. The number of hydrogen-bond acceptors (Lipinski definition) is 4. The SMILES string of the molecule is COc1ccc(-n2cnc(CO)n2)cc1. The van der Waals surface area contributed by atoms with Gasteiger partial charge in [-0.25, -0.2) is 9.67 Å². The van der Waals surface area contributed by atoms with Crippen LogP contribution < -0.4 is 4.74 Å². The highest BCUT2D eigenvalue weighted by Gasteiger charge is 2.01. The molecule has 0 radical (unpaired) electrons. The summed E-state index contributed by atoms with van der Waals surface area (Å²) in [5.41, 5.74) is 0.878. The van der Waals surface area contributed by atoms with Crippen molar-refractivity contribution in [3.63, 3.8) is 0 Å². The van der Waals surface area contributed by atoms with Gasteiger partial charge in [0.2, 0.25) is 0 Å². The van der Waals surface area contributed by atoms with E-state index in [1.807, 2.05) is 24.3 Å². The molecule has 0 bridgehead atoms. The van der Waals surface area contributed by atoms with Crippen molar-refractivity contribution in [2.24, 2.45) is 0 Å². The Bertz CT molecular complexity index is 436. The van der Waals surface area contributed by atoms with E-state index >= 15 is 0 Å². The van der Waals surface area contributed by atoms with Crippen LogP contribution in [0.5, 0.6) is 5.75 Å². The number of aliphatic hydroxyl groups is 1. The van der Waals surface area contributed by atoms with Crippen molar-refractivity contribution in [3.05, 3.63) is 36.4 Å². The molecular formula is C10H11N3O2. The Hall–Kier alpha value is -1.88. The molecule has 0 unspecified atom stereocenters. The van der Waals surface area contributed by atoms with E-state index in [4.69, 9.17) is 9.84 Å². The van der Waals surface area contributed by atoms with Crippen molar-refractivity contribution in [3.8, 4) is 11.4 Å². The van der Waals surface area contributed by atoms with Crippen LogP contribution in [0.4, 0.5) is 0 Å². The van der Waals surface area contributed by atoms with E-state index in [1.54, 1.807) is 18.1 Å². The smallest absolute Gasteiger partial charge is 0.176 e.